The zero-order chi connectivity index (χ0) is 20.4. The van der Waals surface area contributed by atoms with E-state index in [9.17, 15) is 9.18 Å². The SMILES string of the molecule is CNC(=O)/C(=N/OC)c1ccccc1CO/N=C(\C)C#Cc1ccc(F)cc1. The van der Waals surface area contributed by atoms with Crippen LogP contribution < -0.4 is 5.32 Å². The highest BCUT2D eigenvalue weighted by Gasteiger charge is 2.17. The zero-order valence-corrected chi connectivity index (χ0v) is 15.8. The smallest absolute Gasteiger partial charge is 0.273 e. The third kappa shape index (κ3) is 5.95. The van der Waals surface area contributed by atoms with Crippen molar-refractivity contribution in [3.05, 3.63) is 71.0 Å². The van der Waals surface area contributed by atoms with E-state index >= 15 is 0 Å². The number of halogens is 1. The van der Waals surface area contributed by atoms with E-state index < -0.39 is 0 Å². The van der Waals surface area contributed by atoms with Crippen LogP contribution in [0.1, 0.15) is 23.6 Å². The molecule has 0 aliphatic heterocycles. The molecule has 0 saturated heterocycles. The van der Waals surface area contributed by atoms with Crippen molar-refractivity contribution in [1.82, 2.24) is 5.32 Å². The Hall–Kier alpha value is -3.66. The molecule has 0 radical (unpaired) electrons. The maximum absolute atomic E-state index is 12.9. The van der Waals surface area contributed by atoms with Gasteiger partial charge in [-0.2, -0.15) is 0 Å². The summed E-state index contributed by atoms with van der Waals surface area (Å²) in [5.41, 5.74) is 2.56. The molecule has 1 amide bonds. The number of benzene rings is 2. The Bertz CT molecular complexity index is 941. The van der Waals surface area contributed by atoms with Gasteiger partial charge in [-0.3, -0.25) is 4.79 Å². The maximum Gasteiger partial charge on any atom is 0.273 e. The van der Waals surface area contributed by atoms with Crippen LogP contribution in [0.5, 0.6) is 0 Å². The summed E-state index contributed by atoms with van der Waals surface area (Å²) in [6.07, 6.45) is 0. The predicted molar refractivity (Wildman–Crippen MR) is 105 cm³/mol. The van der Waals surface area contributed by atoms with Crippen molar-refractivity contribution in [3.63, 3.8) is 0 Å². The Labute approximate surface area is 163 Å². The van der Waals surface area contributed by atoms with Crippen molar-refractivity contribution in [3.8, 4) is 11.8 Å². The zero-order valence-electron chi connectivity index (χ0n) is 15.8. The Balaban J connectivity index is 2.11. The van der Waals surface area contributed by atoms with Gasteiger partial charge in [0.05, 0.1) is 0 Å². The van der Waals surface area contributed by atoms with Crippen LogP contribution in [0.25, 0.3) is 0 Å². The topological polar surface area (TPSA) is 72.3 Å². The van der Waals surface area contributed by atoms with Gasteiger partial charge in [-0.1, -0.05) is 40.5 Å². The van der Waals surface area contributed by atoms with Crippen molar-refractivity contribution in [1.29, 1.82) is 0 Å². The van der Waals surface area contributed by atoms with Gasteiger partial charge >= 0.3 is 0 Å². The molecule has 2 aromatic rings. The number of hydrogen-bond donors (Lipinski definition) is 1. The van der Waals surface area contributed by atoms with Crippen LogP contribution in [0.15, 0.2) is 58.8 Å². The molecule has 144 valence electrons. The Morgan fingerprint density at radius 3 is 2.54 bits per heavy atom. The summed E-state index contributed by atoms with van der Waals surface area (Å²) < 4.78 is 12.9. The standard InChI is InChI=1S/C21H20FN3O3/c1-15(8-9-16-10-12-18(22)13-11-16)24-28-14-17-6-4-5-7-19(17)20(25-27-3)21(26)23-2/h4-7,10-13H,14H2,1-3H3,(H,23,26)/b24-15+,25-20+. The van der Waals surface area contributed by atoms with E-state index in [1.807, 2.05) is 6.07 Å². The fourth-order valence-electron chi connectivity index (χ4n) is 2.22. The average Bonchev–Trinajstić information content (AvgIpc) is 2.71. The Kier molecular flexibility index (Phi) is 7.73. The number of carbonyl (C=O) groups is 1. The summed E-state index contributed by atoms with van der Waals surface area (Å²) in [5, 5.41) is 10.3. The van der Waals surface area contributed by atoms with Crippen LogP contribution in [-0.2, 0) is 21.1 Å². The summed E-state index contributed by atoms with van der Waals surface area (Å²) in [6.45, 7) is 1.82. The molecule has 0 atom stereocenters. The number of amides is 1. The third-order valence-electron chi connectivity index (χ3n) is 3.55. The molecule has 0 aliphatic carbocycles. The summed E-state index contributed by atoms with van der Waals surface area (Å²) in [4.78, 5) is 22.2. The normalized spacial score (nSPS) is 11.3. The molecular formula is C21H20FN3O3. The largest absolute Gasteiger partial charge is 0.398 e. The first-order valence-corrected chi connectivity index (χ1v) is 8.40. The van der Waals surface area contributed by atoms with Crippen molar-refractivity contribution < 1.29 is 18.9 Å². The van der Waals surface area contributed by atoms with Gasteiger partial charge < -0.3 is 15.0 Å². The fourth-order valence-corrected chi connectivity index (χ4v) is 2.22. The molecule has 0 fully saturated rings. The highest BCUT2D eigenvalue weighted by Crippen LogP contribution is 2.12. The first-order valence-electron chi connectivity index (χ1n) is 8.40. The van der Waals surface area contributed by atoms with Gasteiger partial charge in [-0.25, -0.2) is 4.39 Å². The summed E-state index contributed by atoms with van der Waals surface area (Å²) in [6, 6.07) is 13.0. The van der Waals surface area contributed by atoms with E-state index in [1.54, 1.807) is 37.3 Å². The van der Waals surface area contributed by atoms with Gasteiger partial charge in [0.1, 0.15) is 25.2 Å². The lowest BCUT2D eigenvalue weighted by Gasteiger charge is -2.09. The van der Waals surface area contributed by atoms with Crippen LogP contribution in [-0.4, -0.2) is 31.5 Å². The molecule has 7 heteroatoms. The van der Waals surface area contributed by atoms with Crippen LogP contribution in [0.3, 0.4) is 0 Å². The second-order valence-corrected chi connectivity index (χ2v) is 5.57. The summed E-state index contributed by atoms with van der Waals surface area (Å²) in [7, 11) is 2.88. The molecule has 28 heavy (non-hydrogen) atoms. The highest BCUT2D eigenvalue weighted by atomic mass is 19.1. The van der Waals surface area contributed by atoms with Crippen molar-refractivity contribution in [2.45, 2.75) is 13.5 Å². The lowest BCUT2D eigenvalue weighted by atomic mass is 10.0. The van der Waals surface area contributed by atoms with E-state index in [-0.39, 0.29) is 24.0 Å². The molecule has 0 aliphatic rings. The molecule has 0 aromatic heterocycles. The molecule has 0 heterocycles. The minimum atomic E-state index is -0.376. The van der Waals surface area contributed by atoms with Gasteiger partial charge in [0.25, 0.3) is 5.91 Å². The highest BCUT2D eigenvalue weighted by molar-refractivity contribution is 6.45. The van der Waals surface area contributed by atoms with Crippen molar-refractivity contribution in [2.75, 3.05) is 14.2 Å². The molecule has 2 aromatic carbocycles. The average molecular weight is 381 g/mol. The minimum Gasteiger partial charge on any atom is -0.398 e. The number of nitrogens with one attached hydrogen (secondary N) is 1. The first-order chi connectivity index (χ1) is 13.5. The number of likely N-dealkylation sites (N-methyl/N-ethyl adjacent to an activating group) is 1. The second kappa shape index (κ2) is 10.5. The van der Waals surface area contributed by atoms with E-state index in [4.69, 9.17) is 9.68 Å². The molecule has 0 unspecified atom stereocenters. The summed E-state index contributed by atoms with van der Waals surface area (Å²) in [5.74, 6) is 5.02. The molecule has 2 rings (SSSR count). The minimum absolute atomic E-state index is 0.117. The third-order valence-corrected chi connectivity index (χ3v) is 3.55. The van der Waals surface area contributed by atoms with E-state index in [0.29, 0.717) is 22.4 Å². The Morgan fingerprint density at radius 2 is 1.86 bits per heavy atom. The summed E-state index contributed by atoms with van der Waals surface area (Å²) >= 11 is 0. The van der Waals surface area contributed by atoms with Gasteiger partial charge in [-0.15, -0.1) is 0 Å². The molecular weight excluding hydrogens is 361 g/mol. The van der Waals surface area contributed by atoms with Crippen molar-refractivity contribution in [2.24, 2.45) is 10.3 Å². The number of carbonyl (C=O) groups excluding carboxylic acids is 1. The molecule has 6 nitrogen and oxygen atoms in total. The lowest BCUT2D eigenvalue weighted by molar-refractivity contribution is -0.114. The van der Waals surface area contributed by atoms with Crippen LogP contribution >= 0.6 is 0 Å². The predicted octanol–water partition coefficient (Wildman–Crippen LogP) is 2.87. The molecule has 1 N–H and O–H groups in total. The molecule has 0 spiro atoms. The number of hydrogen-bond acceptors (Lipinski definition) is 5. The molecule has 0 bridgehead atoms. The van der Waals surface area contributed by atoms with E-state index in [0.717, 1.165) is 0 Å². The second-order valence-electron chi connectivity index (χ2n) is 5.57. The first kappa shape index (κ1) is 20.6. The molecule has 0 saturated carbocycles. The van der Waals surface area contributed by atoms with E-state index in [2.05, 4.69) is 27.5 Å². The van der Waals surface area contributed by atoms with Crippen LogP contribution in [0, 0.1) is 17.7 Å². The lowest BCUT2D eigenvalue weighted by Crippen LogP contribution is -2.29. The number of nitrogens with zero attached hydrogens (tertiary/aromatic N) is 2. The van der Waals surface area contributed by atoms with Gasteiger partial charge in [0, 0.05) is 23.7 Å². The van der Waals surface area contributed by atoms with Crippen LogP contribution in [0.4, 0.5) is 4.39 Å². The monoisotopic (exact) mass is 381 g/mol. The number of rotatable bonds is 6. The van der Waals surface area contributed by atoms with E-state index in [1.165, 1.54) is 26.3 Å². The Morgan fingerprint density at radius 1 is 1.14 bits per heavy atom. The van der Waals surface area contributed by atoms with Gasteiger partial charge in [-0.05, 0) is 37.1 Å². The maximum atomic E-state index is 12.9. The van der Waals surface area contributed by atoms with Gasteiger partial charge in [0.2, 0.25) is 0 Å². The number of oxime groups is 2. The quantitative estimate of drug-likeness (QED) is 0.475. The van der Waals surface area contributed by atoms with Gasteiger partial charge in [0.15, 0.2) is 5.71 Å². The van der Waals surface area contributed by atoms with Crippen molar-refractivity contribution >= 4 is 17.3 Å². The van der Waals surface area contributed by atoms with Crippen LogP contribution in [0.2, 0.25) is 0 Å². The fraction of sp³-hybridized carbons (Fsp3) is 0.190.